The predicted octanol–water partition coefficient (Wildman–Crippen LogP) is 13.8. The molecular weight excluding hydrogens is 705 g/mol. The molecule has 0 saturated heterocycles. The maximum absolute atomic E-state index is 5.25. The van der Waals surface area contributed by atoms with Crippen molar-refractivity contribution in [3.05, 3.63) is 218 Å². The number of hydrogen-bond acceptors (Lipinski definition) is 4. The maximum atomic E-state index is 5.25. The zero-order chi connectivity index (χ0) is 38.7. The third kappa shape index (κ3) is 7.07. The van der Waals surface area contributed by atoms with Crippen molar-refractivity contribution >= 4 is 10.9 Å². The summed E-state index contributed by atoms with van der Waals surface area (Å²) in [6, 6.07) is 76.1. The van der Waals surface area contributed by atoms with Gasteiger partial charge in [0.25, 0.3) is 0 Å². The van der Waals surface area contributed by atoms with Crippen molar-refractivity contribution in [3.63, 3.8) is 0 Å². The number of rotatable bonds is 8. The van der Waals surface area contributed by atoms with E-state index in [-0.39, 0.29) is 0 Å². The molecule has 4 heteroatoms. The van der Waals surface area contributed by atoms with Crippen molar-refractivity contribution in [1.29, 1.82) is 0 Å². The molecule has 0 unspecified atom stereocenters. The topological polar surface area (TPSA) is 51.6 Å². The molecule has 8 aromatic carbocycles. The Morgan fingerprint density at radius 2 is 0.586 bits per heavy atom. The molecule has 0 amide bonds. The van der Waals surface area contributed by atoms with Crippen molar-refractivity contribution in [2.24, 2.45) is 0 Å². The molecule has 0 N–H and O–H groups in total. The van der Waals surface area contributed by atoms with Crippen LogP contribution in [0.4, 0.5) is 0 Å². The molecule has 0 aliphatic rings. The Labute approximate surface area is 337 Å². The van der Waals surface area contributed by atoms with E-state index < -0.39 is 0 Å². The van der Waals surface area contributed by atoms with E-state index in [1.165, 1.54) is 22.3 Å². The molecule has 0 radical (unpaired) electrons. The van der Waals surface area contributed by atoms with Crippen molar-refractivity contribution in [3.8, 4) is 89.9 Å². The second-order valence-corrected chi connectivity index (χ2v) is 14.3. The molecule has 2 heterocycles. The first-order chi connectivity index (χ1) is 28.7. The molecule has 0 aliphatic heterocycles. The number of nitrogens with zero attached hydrogens (tertiary/aromatic N) is 4. The van der Waals surface area contributed by atoms with Crippen molar-refractivity contribution in [2.45, 2.75) is 0 Å². The van der Waals surface area contributed by atoms with E-state index in [1.54, 1.807) is 0 Å². The first kappa shape index (κ1) is 34.7. The van der Waals surface area contributed by atoms with Gasteiger partial charge >= 0.3 is 0 Å². The number of hydrogen-bond donors (Lipinski definition) is 0. The van der Waals surface area contributed by atoms with Gasteiger partial charge in [-0.25, -0.2) is 19.9 Å². The molecule has 0 fully saturated rings. The van der Waals surface area contributed by atoms with Crippen LogP contribution in [0.1, 0.15) is 0 Å². The molecule has 0 aliphatic carbocycles. The Balaban J connectivity index is 1.07. The zero-order valence-electron chi connectivity index (χ0n) is 31.6. The van der Waals surface area contributed by atoms with Crippen LogP contribution < -0.4 is 0 Å². The van der Waals surface area contributed by atoms with E-state index in [9.17, 15) is 0 Å². The summed E-state index contributed by atoms with van der Waals surface area (Å²) in [6.45, 7) is 0. The van der Waals surface area contributed by atoms with Gasteiger partial charge in [-0.15, -0.1) is 0 Å². The molecule has 0 saturated carbocycles. The van der Waals surface area contributed by atoms with E-state index >= 15 is 0 Å². The number of para-hydroxylation sites is 1. The van der Waals surface area contributed by atoms with Gasteiger partial charge in [0.05, 0.1) is 22.6 Å². The molecule has 10 rings (SSSR count). The van der Waals surface area contributed by atoms with Crippen LogP contribution in [0.25, 0.3) is 101 Å². The van der Waals surface area contributed by atoms with Gasteiger partial charge in [0.1, 0.15) is 0 Å². The molecule has 2 aromatic heterocycles. The normalized spacial score (nSPS) is 11.1. The van der Waals surface area contributed by atoms with Gasteiger partial charge < -0.3 is 0 Å². The number of aromatic nitrogens is 4. The molecule has 58 heavy (non-hydrogen) atoms. The summed E-state index contributed by atoms with van der Waals surface area (Å²) < 4.78 is 0. The summed E-state index contributed by atoms with van der Waals surface area (Å²) in [6.07, 6.45) is 0. The van der Waals surface area contributed by atoms with Gasteiger partial charge in [0, 0.05) is 22.1 Å². The van der Waals surface area contributed by atoms with Gasteiger partial charge in [-0.3, -0.25) is 0 Å². The Bertz CT molecular complexity index is 2920. The SMILES string of the molecule is c1ccc(-c2cc(-c3ccccc3)cc(-c3cccc(-c4cccc(-c5nc(-c6nc(-c7ccccc7)cc(-c7ccccc7)n6)nc6ccccc56)c4)c3)c2)cc1. The van der Waals surface area contributed by atoms with Gasteiger partial charge in [0.15, 0.2) is 11.6 Å². The second kappa shape index (κ2) is 15.4. The first-order valence-electron chi connectivity index (χ1n) is 19.5. The fraction of sp³-hybridized carbons (Fsp3) is 0. The lowest BCUT2D eigenvalue weighted by molar-refractivity contribution is 1.11. The van der Waals surface area contributed by atoms with E-state index in [0.717, 1.165) is 66.9 Å². The Kier molecular flexibility index (Phi) is 9.18. The zero-order valence-corrected chi connectivity index (χ0v) is 31.6. The lowest BCUT2D eigenvalue weighted by atomic mass is 9.92. The Morgan fingerprint density at radius 3 is 1.12 bits per heavy atom. The van der Waals surface area contributed by atoms with Crippen LogP contribution in [0.3, 0.4) is 0 Å². The smallest absolute Gasteiger partial charge is 0.198 e. The van der Waals surface area contributed by atoms with Crippen LogP contribution in [-0.2, 0) is 0 Å². The molecule has 0 bridgehead atoms. The number of fused-ring (bicyclic) bond motifs is 1. The van der Waals surface area contributed by atoms with Crippen molar-refractivity contribution < 1.29 is 0 Å². The average molecular weight is 741 g/mol. The minimum absolute atomic E-state index is 0.476. The average Bonchev–Trinajstić information content (AvgIpc) is 3.32. The highest BCUT2D eigenvalue weighted by molar-refractivity contribution is 5.94. The van der Waals surface area contributed by atoms with E-state index in [4.69, 9.17) is 19.9 Å². The third-order valence-electron chi connectivity index (χ3n) is 10.5. The summed E-state index contributed by atoms with van der Waals surface area (Å²) in [5.74, 6) is 0.951. The minimum atomic E-state index is 0.476. The van der Waals surface area contributed by atoms with E-state index in [1.807, 2.05) is 60.7 Å². The maximum Gasteiger partial charge on any atom is 0.198 e. The fourth-order valence-corrected chi connectivity index (χ4v) is 7.57. The lowest BCUT2D eigenvalue weighted by Gasteiger charge is -2.13. The van der Waals surface area contributed by atoms with E-state index in [2.05, 4.69) is 158 Å². The molecule has 0 spiro atoms. The second-order valence-electron chi connectivity index (χ2n) is 14.3. The highest BCUT2D eigenvalue weighted by Gasteiger charge is 2.17. The monoisotopic (exact) mass is 740 g/mol. The van der Waals surface area contributed by atoms with Crippen LogP contribution >= 0.6 is 0 Å². The van der Waals surface area contributed by atoms with E-state index in [0.29, 0.717) is 11.6 Å². The van der Waals surface area contributed by atoms with Crippen molar-refractivity contribution in [1.82, 2.24) is 19.9 Å². The summed E-state index contributed by atoms with van der Waals surface area (Å²) in [4.78, 5) is 20.4. The van der Waals surface area contributed by atoms with Gasteiger partial charge in [-0.2, -0.15) is 0 Å². The van der Waals surface area contributed by atoms with Crippen LogP contribution in [-0.4, -0.2) is 19.9 Å². The summed E-state index contributed by atoms with van der Waals surface area (Å²) in [5, 5.41) is 0.964. The van der Waals surface area contributed by atoms with Gasteiger partial charge in [0.2, 0.25) is 0 Å². The molecule has 272 valence electrons. The van der Waals surface area contributed by atoms with Gasteiger partial charge in [-0.05, 0) is 87.0 Å². The number of benzene rings is 8. The quantitative estimate of drug-likeness (QED) is 0.156. The highest BCUT2D eigenvalue weighted by atomic mass is 15.0. The molecule has 4 nitrogen and oxygen atoms in total. The predicted molar refractivity (Wildman–Crippen MR) is 239 cm³/mol. The highest BCUT2D eigenvalue weighted by Crippen LogP contribution is 2.36. The summed E-state index contributed by atoms with van der Waals surface area (Å²) in [7, 11) is 0. The largest absolute Gasteiger partial charge is 0.225 e. The summed E-state index contributed by atoms with van der Waals surface area (Å²) in [5.41, 5.74) is 15.6. The van der Waals surface area contributed by atoms with Crippen LogP contribution in [0, 0.1) is 0 Å². The molecule has 10 aromatic rings. The molecular formula is C54H36N4. The standard InChI is InChI=1S/C54H36N4/c1-5-17-37(18-6-1)45-33-46(38-19-7-2-8-20-38)35-47(34-45)43-27-15-25-41(31-43)42-26-16-28-44(32-42)52-48-29-13-14-30-49(48)55-54(58-52)53-56-50(39-21-9-3-10-22-39)36-51(57-53)40-23-11-4-12-24-40/h1-36H. The van der Waals surface area contributed by atoms with Crippen molar-refractivity contribution in [2.75, 3.05) is 0 Å². The summed E-state index contributed by atoms with van der Waals surface area (Å²) >= 11 is 0. The van der Waals surface area contributed by atoms with Crippen LogP contribution in [0.2, 0.25) is 0 Å². The molecule has 0 atom stereocenters. The lowest BCUT2D eigenvalue weighted by Crippen LogP contribution is -2.01. The van der Waals surface area contributed by atoms with Crippen LogP contribution in [0.5, 0.6) is 0 Å². The fourth-order valence-electron chi connectivity index (χ4n) is 7.57. The minimum Gasteiger partial charge on any atom is -0.225 e. The first-order valence-corrected chi connectivity index (χ1v) is 19.5. The Hall–Kier alpha value is -7.82. The van der Waals surface area contributed by atoms with Gasteiger partial charge in [-0.1, -0.05) is 176 Å². The Morgan fingerprint density at radius 1 is 0.224 bits per heavy atom. The third-order valence-corrected chi connectivity index (χ3v) is 10.5. The van der Waals surface area contributed by atoms with Crippen LogP contribution in [0.15, 0.2) is 218 Å².